The molecule has 9 heteroatoms. The lowest BCUT2D eigenvalue weighted by molar-refractivity contribution is -0.121. The fraction of sp³-hybridized carbons (Fsp3) is 0.300. The van der Waals surface area contributed by atoms with E-state index in [1.807, 2.05) is 0 Å². The number of amides is 3. The van der Waals surface area contributed by atoms with E-state index < -0.39 is 17.5 Å². The van der Waals surface area contributed by atoms with Crippen molar-refractivity contribution in [2.24, 2.45) is 0 Å². The zero-order valence-corrected chi connectivity index (χ0v) is 15.5. The first-order chi connectivity index (χ1) is 14.0. The summed E-state index contributed by atoms with van der Waals surface area (Å²) in [6.07, 6.45) is 0. The molecule has 4 rings (SSSR count). The predicted molar refractivity (Wildman–Crippen MR) is 100.0 cm³/mol. The predicted octanol–water partition coefficient (Wildman–Crippen LogP) is 2.29. The molecule has 0 aromatic heterocycles. The lowest BCUT2D eigenvalue weighted by atomic mass is 10.2. The second kappa shape index (κ2) is 7.94. The van der Waals surface area contributed by atoms with Gasteiger partial charge in [0.25, 0.3) is 0 Å². The molecule has 2 heterocycles. The van der Waals surface area contributed by atoms with Crippen LogP contribution in [-0.2, 0) is 11.3 Å². The third-order valence-corrected chi connectivity index (χ3v) is 4.79. The van der Waals surface area contributed by atoms with Crippen LogP contribution in [0.3, 0.4) is 0 Å². The molecule has 1 N–H and O–H groups in total. The number of benzene rings is 2. The lowest BCUT2D eigenvalue weighted by Crippen LogP contribution is -2.40. The minimum Gasteiger partial charge on any atom is -0.486 e. The molecular formula is C20H19F2N3O4. The molecule has 1 fully saturated rings. The number of ether oxygens (including phenoxy) is 2. The Balaban J connectivity index is 1.36. The average Bonchev–Trinajstić information content (AvgIpc) is 3.07. The fourth-order valence-corrected chi connectivity index (χ4v) is 3.29. The van der Waals surface area contributed by atoms with Crippen LogP contribution >= 0.6 is 0 Å². The summed E-state index contributed by atoms with van der Waals surface area (Å²) >= 11 is 0. The molecule has 2 aromatic carbocycles. The summed E-state index contributed by atoms with van der Waals surface area (Å²) < 4.78 is 38.3. The second-order valence-corrected chi connectivity index (χ2v) is 6.66. The van der Waals surface area contributed by atoms with Crippen molar-refractivity contribution in [3.63, 3.8) is 0 Å². The van der Waals surface area contributed by atoms with E-state index in [1.165, 1.54) is 11.0 Å². The van der Waals surface area contributed by atoms with Gasteiger partial charge in [-0.3, -0.25) is 9.69 Å². The molecule has 0 atom stereocenters. The van der Waals surface area contributed by atoms with Gasteiger partial charge in [0.1, 0.15) is 31.4 Å². The van der Waals surface area contributed by atoms with E-state index in [9.17, 15) is 18.4 Å². The van der Waals surface area contributed by atoms with Crippen molar-refractivity contribution in [2.75, 3.05) is 37.7 Å². The van der Waals surface area contributed by atoms with Crippen LogP contribution in [0.15, 0.2) is 36.4 Å². The van der Waals surface area contributed by atoms with Crippen LogP contribution in [0.4, 0.5) is 19.3 Å². The molecule has 3 amide bonds. The summed E-state index contributed by atoms with van der Waals surface area (Å²) in [5, 5.41) is 2.46. The standard InChI is InChI=1S/C20H19F2N3O4/c21-15-2-1-3-16(22)14(15)11-23-19(26)12-24-6-7-25(20(24)27)13-4-5-17-18(10-13)29-9-8-28-17/h1-5,10H,6-9,11-12H2,(H,23,26). The third-order valence-electron chi connectivity index (χ3n) is 4.79. The molecule has 0 spiro atoms. The van der Waals surface area contributed by atoms with Gasteiger partial charge >= 0.3 is 6.03 Å². The van der Waals surface area contributed by atoms with Crippen LogP contribution in [0.25, 0.3) is 0 Å². The van der Waals surface area contributed by atoms with Gasteiger partial charge in [-0.15, -0.1) is 0 Å². The Morgan fingerprint density at radius 3 is 2.52 bits per heavy atom. The van der Waals surface area contributed by atoms with E-state index in [2.05, 4.69) is 5.32 Å². The zero-order valence-electron chi connectivity index (χ0n) is 15.5. The number of hydrogen-bond donors (Lipinski definition) is 1. The summed E-state index contributed by atoms with van der Waals surface area (Å²) in [6.45, 7) is 1.21. The number of rotatable bonds is 5. The second-order valence-electron chi connectivity index (χ2n) is 6.66. The molecule has 0 bridgehead atoms. The molecule has 29 heavy (non-hydrogen) atoms. The molecule has 2 aliphatic rings. The van der Waals surface area contributed by atoms with Crippen molar-refractivity contribution < 1.29 is 27.8 Å². The van der Waals surface area contributed by atoms with Gasteiger partial charge in [0.05, 0.1) is 0 Å². The molecule has 152 valence electrons. The van der Waals surface area contributed by atoms with Crippen molar-refractivity contribution in [1.29, 1.82) is 0 Å². The molecule has 0 saturated carbocycles. The number of nitrogens with zero attached hydrogens (tertiary/aromatic N) is 2. The topological polar surface area (TPSA) is 71.1 Å². The quantitative estimate of drug-likeness (QED) is 0.832. The molecule has 1 saturated heterocycles. The molecular weight excluding hydrogens is 384 g/mol. The Morgan fingerprint density at radius 2 is 1.76 bits per heavy atom. The van der Waals surface area contributed by atoms with E-state index in [0.29, 0.717) is 43.5 Å². The number of halogens is 2. The van der Waals surface area contributed by atoms with Crippen LogP contribution < -0.4 is 19.7 Å². The van der Waals surface area contributed by atoms with Gasteiger partial charge in [0.15, 0.2) is 11.5 Å². The first kappa shape index (κ1) is 19.0. The smallest absolute Gasteiger partial charge is 0.325 e. The van der Waals surface area contributed by atoms with E-state index in [0.717, 1.165) is 12.1 Å². The minimum atomic E-state index is -0.729. The molecule has 0 aliphatic carbocycles. The summed E-state index contributed by atoms with van der Waals surface area (Å²) in [5.74, 6) is -0.752. The van der Waals surface area contributed by atoms with Crippen LogP contribution in [0.2, 0.25) is 0 Å². The van der Waals surface area contributed by atoms with Gasteiger partial charge in [-0.1, -0.05) is 6.07 Å². The van der Waals surface area contributed by atoms with Crippen molar-refractivity contribution in [3.05, 3.63) is 53.6 Å². The van der Waals surface area contributed by atoms with Crippen LogP contribution in [-0.4, -0.2) is 49.7 Å². The number of nitrogens with one attached hydrogen (secondary N) is 1. The van der Waals surface area contributed by atoms with E-state index in [1.54, 1.807) is 23.1 Å². The zero-order chi connectivity index (χ0) is 20.4. The number of hydrogen-bond acceptors (Lipinski definition) is 4. The average molecular weight is 403 g/mol. The Bertz CT molecular complexity index is 933. The van der Waals surface area contributed by atoms with Gasteiger partial charge in [-0.2, -0.15) is 0 Å². The maximum absolute atomic E-state index is 13.6. The van der Waals surface area contributed by atoms with Gasteiger partial charge in [-0.25, -0.2) is 13.6 Å². The van der Waals surface area contributed by atoms with Gasteiger partial charge in [-0.05, 0) is 24.3 Å². The van der Waals surface area contributed by atoms with Crippen molar-refractivity contribution >= 4 is 17.6 Å². The summed E-state index contributed by atoms with van der Waals surface area (Å²) in [4.78, 5) is 27.8. The van der Waals surface area contributed by atoms with E-state index in [4.69, 9.17) is 9.47 Å². The highest BCUT2D eigenvalue weighted by atomic mass is 19.1. The number of carbonyl (C=O) groups is 2. The first-order valence-electron chi connectivity index (χ1n) is 9.18. The molecule has 7 nitrogen and oxygen atoms in total. The van der Waals surface area contributed by atoms with Crippen molar-refractivity contribution in [1.82, 2.24) is 10.2 Å². The van der Waals surface area contributed by atoms with Gasteiger partial charge in [0, 0.05) is 37.0 Å². The Labute approximate surface area is 165 Å². The lowest BCUT2D eigenvalue weighted by Gasteiger charge is -2.22. The van der Waals surface area contributed by atoms with Gasteiger partial charge < -0.3 is 19.7 Å². The summed E-state index contributed by atoms with van der Waals surface area (Å²) in [5.41, 5.74) is 0.432. The Morgan fingerprint density at radius 1 is 1.03 bits per heavy atom. The van der Waals surface area contributed by atoms with Crippen LogP contribution in [0.1, 0.15) is 5.56 Å². The third kappa shape index (κ3) is 3.94. The molecule has 2 aliphatic heterocycles. The van der Waals surface area contributed by atoms with Crippen LogP contribution in [0.5, 0.6) is 11.5 Å². The fourth-order valence-electron chi connectivity index (χ4n) is 3.29. The van der Waals surface area contributed by atoms with Crippen LogP contribution in [0, 0.1) is 11.6 Å². The molecule has 0 radical (unpaired) electrons. The molecule has 2 aromatic rings. The Kier molecular flexibility index (Phi) is 5.20. The maximum Gasteiger partial charge on any atom is 0.325 e. The largest absolute Gasteiger partial charge is 0.486 e. The van der Waals surface area contributed by atoms with E-state index in [-0.39, 0.29) is 24.7 Å². The number of fused-ring (bicyclic) bond motifs is 1. The highest BCUT2D eigenvalue weighted by Crippen LogP contribution is 2.34. The number of anilines is 1. The normalized spacial score (nSPS) is 15.6. The summed E-state index contributed by atoms with van der Waals surface area (Å²) in [6, 6.07) is 8.42. The first-order valence-corrected chi connectivity index (χ1v) is 9.18. The highest BCUT2D eigenvalue weighted by Gasteiger charge is 2.31. The SMILES string of the molecule is O=C(CN1CCN(c2ccc3c(c2)OCCO3)C1=O)NCc1c(F)cccc1F. The maximum atomic E-state index is 13.6. The van der Waals surface area contributed by atoms with Gasteiger partial charge in [0.2, 0.25) is 5.91 Å². The van der Waals surface area contributed by atoms with E-state index >= 15 is 0 Å². The monoisotopic (exact) mass is 403 g/mol. The number of urea groups is 1. The Hall–Kier alpha value is -3.36. The minimum absolute atomic E-state index is 0.198. The van der Waals surface area contributed by atoms with Crippen molar-refractivity contribution in [2.45, 2.75) is 6.54 Å². The summed E-state index contributed by atoms with van der Waals surface area (Å²) in [7, 11) is 0. The van der Waals surface area contributed by atoms with Crippen molar-refractivity contribution in [3.8, 4) is 11.5 Å². The molecule has 0 unspecified atom stereocenters. The highest BCUT2D eigenvalue weighted by molar-refractivity contribution is 5.96. The number of carbonyl (C=O) groups excluding carboxylic acids is 2.